The van der Waals surface area contributed by atoms with E-state index in [0.717, 1.165) is 28.7 Å². The lowest BCUT2D eigenvalue weighted by molar-refractivity contribution is 0.0983. The number of nitrogens with zero attached hydrogens (tertiary/aromatic N) is 3. The van der Waals surface area contributed by atoms with E-state index in [2.05, 4.69) is 35.1 Å². The van der Waals surface area contributed by atoms with E-state index in [9.17, 15) is 4.79 Å². The van der Waals surface area contributed by atoms with Crippen LogP contribution in [0, 0.1) is 6.92 Å². The molecule has 0 unspecified atom stereocenters. The summed E-state index contributed by atoms with van der Waals surface area (Å²) in [5, 5.41) is 0. The predicted molar refractivity (Wildman–Crippen MR) is 103 cm³/mol. The topological polar surface area (TPSA) is 47.8 Å². The maximum Gasteiger partial charge on any atom is 0.163 e. The Morgan fingerprint density at radius 3 is 2.69 bits per heavy atom. The van der Waals surface area contributed by atoms with Crippen molar-refractivity contribution in [1.82, 2.24) is 14.5 Å². The molecule has 0 bridgehead atoms. The molecule has 0 aliphatic heterocycles. The summed E-state index contributed by atoms with van der Waals surface area (Å²) in [4.78, 5) is 21.0. The van der Waals surface area contributed by atoms with Crippen molar-refractivity contribution in [2.24, 2.45) is 0 Å². The molecule has 0 amide bonds. The van der Waals surface area contributed by atoms with Gasteiger partial charge in [-0.2, -0.15) is 0 Å². The number of fused-ring (bicyclic) bond motifs is 1. The first kappa shape index (κ1) is 16.2. The van der Waals surface area contributed by atoms with Crippen LogP contribution in [0.15, 0.2) is 73.3 Å². The van der Waals surface area contributed by atoms with Gasteiger partial charge in [-0.25, -0.2) is 4.98 Å². The molecule has 0 N–H and O–H groups in total. The summed E-state index contributed by atoms with van der Waals surface area (Å²) in [6, 6.07) is 17.9. The minimum atomic E-state index is 0.133. The minimum absolute atomic E-state index is 0.133. The Morgan fingerprint density at radius 2 is 1.88 bits per heavy atom. The Hall–Kier alpha value is -3.27. The fourth-order valence-corrected chi connectivity index (χ4v) is 3.12. The zero-order chi connectivity index (χ0) is 17.9. The predicted octanol–water partition coefficient (Wildman–Crippen LogP) is 4.54. The fraction of sp³-hybridized carbons (Fsp3) is 0.136. The summed E-state index contributed by atoms with van der Waals surface area (Å²) in [6.45, 7) is 2.07. The van der Waals surface area contributed by atoms with Crippen LogP contribution >= 0.6 is 0 Å². The lowest BCUT2D eigenvalue weighted by atomic mass is 10.0. The van der Waals surface area contributed by atoms with Gasteiger partial charge in [0.25, 0.3) is 0 Å². The van der Waals surface area contributed by atoms with Gasteiger partial charge in [0.15, 0.2) is 5.78 Å². The number of carbonyl (C=O) groups is 1. The second-order valence-electron chi connectivity index (χ2n) is 6.44. The first-order valence-corrected chi connectivity index (χ1v) is 8.67. The van der Waals surface area contributed by atoms with E-state index in [1.54, 1.807) is 12.4 Å². The third kappa shape index (κ3) is 3.26. The number of ketones is 1. The Morgan fingerprint density at radius 1 is 1.04 bits per heavy atom. The maximum atomic E-state index is 12.5. The molecule has 0 aliphatic rings. The molecule has 4 aromatic rings. The van der Waals surface area contributed by atoms with Crippen LogP contribution in [0.1, 0.15) is 27.9 Å². The first-order valence-electron chi connectivity index (χ1n) is 8.67. The number of imidazole rings is 1. The molecular weight excluding hydrogens is 322 g/mol. The van der Waals surface area contributed by atoms with Crippen LogP contribution in [0.5, 0.6) is 0 Å². The minimum Gasteiger partial charge on any atom is -0.299 e. The monoisotopic (exact) mass is 341 g/mol. The number of hydrogen-bond acceptors (Lipinski definition) is 3. The van der Waals surface area contributed by atoms with Gasteiger partial charge in [-0.3, -0.25) is 14.3 Å². The molecule has 0 aliphatic carbocycles. The molecule has 0 saturated carbocycles. The molecule has 0 fully saturated rings. The molecule has 4 nitrogen and oxygen atoms in total. The van der Waals surface area contributed by atoms with E-state index < -0.39 is 0 Å². The highest BCUT2D eigenvalue weighted by Gasteiger charge is 2.10. The Balaban J connectivity index is 1.57. The Bertz CT molecular complexity index is 1070. The zero-order valence-electron chi connectivity index (χ0n) is 14.6. The maximum absolute atomic E-state index is 12.5. The van der Waals surface area contributed by atoms with Gasteiger partial charge >= 0.3 is 0 Å². The quantitative estimate of drug-likeness (QED) is 0.501. The molecule has 2 aromatic heterocycles. The van der Waals surface area contributed by atoms with Crippen LogP contribution in [0.25, 0.3) is 16.7 Å². The molecule has 2 heterocycles. The molecule has 2 aromatic carbocycles. The Labute approximate surface area is 152 Å². The number of carbonyl (C=O) groups excluding carboxylic acids is 1. The molecular formula is C22H19N3O. The summed E-state index contributed by atoms with van der Waals surface area (Å²) >= 11 is 0. The van der Waals surface area contributed by atoms with Gasteiger partial charge in [0.1, 0.15) is 6.33 Å². The largest absolute Gasteiger partial charge is 0.299 e. The van der Waals surface area contributed by atoms with Crippen molar-refractivity contribution in [3.63, 3.8) is 0 Å². The fourth-order valence-electron chi connectivity index (χ4n) is 3.12. The highest BCUT2D eigenvalue weighted by atomic mass is 16.1. The number of pyridine rings is 1. The zero-order valence-corrected chi connectivity index (χ0v) is 14.6. The van der Waals surface area contributed by atoms with Gasteiger partial charge in [0.2, 0.25) is 0 Å². The van der Waals surface area contributed by atoms with E-state index in [0.29, 0.717) is 12.0 Å². The van der Waals surface area contributed by atoms with E-state index in [1.807, 2.05) is 47.3 Å². The van der Waals surface area contributed by atoms with Crippen LogP contribution in [-0.4, -0.2) is 20.3 Å². The van der Waals surface area contributed by atoms with Gasteiger partial charge in [0, 0.05) is 30.1 Å². The van der Waals surface area contributed by atoms with Crippen molar-refractivity contribution >= 4 is 16.8 Å². The van der Waals surface area contributed by atoms with Gasteiger partial charge in [0.05, 0.1) is 11.0 Å². The molecule has 0 spiro atoms. The first-order chi connectivity index (χ1) is 12.7. The van der Waals surface area contributed by atoms with E-state index >= 15 is 0 Å². The highest BCUT2D eigenvalue weighted by Crippen LogP contribution is 2.21. The van der Waals surface area contributed by atoms with Crippen LogP contribution < -0.4 is 0 Å². The van der Waals surface area contributed by atoms with Crippen molar-refractivity contribution in [1.29, 1.82) is 0 Å². The standard InChI is InChI=1S/C22H19N3O/c1-16-3-2-4-19(13-16)25-15-24-20-14-18(6-7-21(20)25)22(26)8-5-17-9-11-23-12-10-17/h2-4,6-7,9-15H,5,8H2,1H3. The molecule has 26 heavy (non-hydrogen) atoms. The average Bonchev–Trinajstić information content (AvgIpc) is 3.10. The number of rotatable bonds is 5. The van der Waals surface area contributed by atoms with Crippen molar-refractivity contribution in [2.45, 2.75) is 19.8 Å². The number of aryl methyl sites for hydroxylation is 2. The van der Waals surface area contributed by atoms with Crippen molar-refractivity contribution in [3.8, 4) is 5.69 Å². The van der Waals surface area contributed by atoms with Gasteiger partial charge in [-0.05, 0) is 66.9 Å². The molecule has 0 radical (unpaired) electrons. The summed E-state index contributed by atoms with van der Waals surface area (Å²) in [5.41, 5.74) is 5.94. The second kappa shape index (κ2) is 6.92. The lowest BCUT2D eigenvalue weighted by Crippen LogP contribution is -2.01. The normalized spacial score (nSPS) is 11.0. The van der Waals surface area contributed by atoms with Crippen LogP contribution in [0.3, 0.4) is 0 Å². The highest BCUT2D eigenvalue weighted by molar-refractivity contribution is 5.99. The smallest absolute Gasteiger partial charge is 0.163 e. The third-order valence-corrected chi connectivity index (χ3v) is 4.54. The Kier molecular flexibility index (Phi) is 4.32. The number of aromatic nitrogens is 3. The summed E-state index contributed by atoms with van der Waals surface area (Å²) in [6.07, 6.45) is 6.52. The summed E-state index contributed by atoms with van der Waals surface area (Å²) in [7, 11) is 0. The number of hydrogen-bond donors (Lipinski definition) is 0. The summed E-state index contributed by atoms with van der Waals surface area (Å²) in [5.74, 6) is 0.133. The molecule has 4 heteroatoms. The van der Waals surface area contributed by atoms with E-state index in [-0.39, 0.29) is 5.78 Å². The number of Topliss-reactive ketones (excluding diaryl/α,β-unsaturated/α-hetero) is 1. The molecule has 0 saturated heterocycles. The summed E-state index contributed by atoms with van der Waals surface area (Å²) < 4.78 is 2.05. The SMILES string of the molecule is Cc1cccc(-n2cnc3cc(C(=O)CCc4ccncc4)ccc32)c1. The third-order valence-electron chi connectivity index (χ3n) is 4.54. The average molecular weight is 341 g/mol. The van der Waals surface area contributed by atoms with Crippen molar-refractivity contribution < 1.29 is 4.79 Å². The molecule has 0 atom stereocenters. The van der Waals surface area contributed by atoms with Gasteiger partial charge < -0.3 is 0 Å². The number of benzene rings is 2. The van der Waals surface area contributed by atoms with Gasteiger partial charge in [-0.15, -0.1) is 0 Å². The van der Waals surface area contributed by atoms with Crippen LogP contribution in [0.2, 0.25) is 0 Å². The van der Waals surface area contributed by atoms with Crippen molar-refractivity contribution in [3.05, 3.63) is 90.0 Å². The van der Waals surface area contributed by atoms with Gasteiger partial charge in [-0.1, -0.05) is 12.1 Å². The van der Waals surface area contributed by atoms with Crippen LogP contribution in [0.4, 0.5) is 0 Å². The van der Waals surface area contributed by atoms with Crippen molar-refractivity contribution in [2.75, 3.05) is 0 Å². The molecule has 128 valence electrons. The molecule has 4 rings (SSSR count). The van der Waals surface area contributed by atoms with Crippen LogP contribution in [-0.2, 0) is 6.42 Å². The lowest BCUT2D eigenvalue weighted by Gasteiger charge is -2.06. The van der Waals surface area contributed by atoms with E-state index in [1.165, 1.54) is 5.56 Å². The van der Waals surface area contributed by atoms with E-state index in [4.69, 9.17) is 0 Å². The second-order valence-corrected chi connectivity index (χ2v) is 6.44.